The smallest absolute Gasteiger partial charge is 0.272 e. The van der Waals surface area contributed by atoms with E-state index in [1.807, 2.05) is 33.8 Å². The van der Waals surface area contributed by atoms with Crippen molar-refractivity contribution in [2.75, 3.05) is 24.5 Å². The third-order valence-electron chi connectivity index (χ3n) is 8.38. The van der Waals surface area contributed by atoms with Crippen LogP contribution in [0.4, 0.5) is 18.9 Å². The summed E-state index contributed by atoms with van der Waals surface area (Å²) in [5.41, 5.74) is -1.82. The molecule has 5 rings (SSSR count). The summed E-state index contributed by atoms with van der Waals surface area (Å²) in [7, 11) is 0. The first kappa shape index (κ1) is 33.0. The number of fused-ring (bicyclic) bond motifs is 1. The number of anilines is 1. The van der Waals surface area contributed by atoms with Gasteiger partial charge in [0.25, 0.3) is 5.56 Å². The molecule has 0 bridgehead atoms. The van der Waals surface area contributed by atoms with Crippen molar-refractivity contribution in [1.82, 2.24) is 14.5 Å². The molecule has 1 amide bonds. The minimum Gasteiger partial charge on any atom is -0.503 e. The molecular weight excluding hydrogens is 644 g/mol. The number of aromatic nitrogens is 2. The van der Waals surface area contributed by atoms with Crippen molar-refractivity contribution >= 4 is 51.5 Å². The fourth-order valence-electron chi connectivity index (χ4n) is 6.16. The summed E-state index contributed by atoms with van der Waals surface area (Å²) in [5, 5.41) is 19.2. The van der Waals surface area contributed by atoms with Crippen LogP contribution in [0.5, 0.6) is 5.75 Å². The van der Waals surface area contributed by atoms with E-state index in [1.54, 1.807) is 22.1 Å². The zero-order valence-corrected chi connectivity index (χ0v) is 26.8. The molecule has 1 N–H and O–H groups in total. The van der Waals surface area contributed by atoms with Crippen LogP contribution in [0.1, 0.15) is 39.3 Å². The van der Waals surface area contributed by atoms with E-state index in [4.69, 9.17) is 23.2 Å². The van der Waals surface area contributed by atoms with Crippen molar-refractivity contribution in [2.24, 2.45) is 16.8 Å². The van der Waals surface area contributed by atoms with Crippen LogP contribution in [0.25, 0.3) is 22.3 Å². The van der Waals surface area contributed by atoms with Crippen LogP contribution >= 0.6 is 23.2 Å². The summed E-state index contributed by atoms with van der Waals surface area (Å²) >= 11 is 12.4. The Bertz CT molecular complexity index is 1940. The standard InChI is InChI=1S/C32H29Cl2F3N6O3/c1-6-20(44)42-10-9-41(13-16(42)5)29-17-11-19(33)27(21-23(35)22(34)25(37)30(45)24(21)36)40-31(17)43(32(46)18(29)12-38)28-15(4)7-8-39-26(28)14(2)3/h6-8,11,14-16,28,45H,1,9-10,13H2,2-5H3/t15?,16-,28?/m1/s1. The van der Waals surface area contributed by atoms with E-state index in [-0.39, 0.29) is 70.7 Å². The summed E-state index contributed by atoms with van der Waals surface area (Å²) < 4.78 is 46.2. The minimum absolute atomic E-state index is 0.0881. The summed E-state index contributed by atoms with van der Waals surface area (Å²) in [4.78, 5) is 39.3. The molecule has 2 aromatic heterocycles. The number of piperazine rings is 1. The minimum atomic E-state index is -1.70. The highest BCUT2D eigenvalue weighted by molar-refractivity contribution is 6.34. The number of pyridine rings is 2. The molecule has 1 fully saturated rings. The van der Waals surface area contributed by atoms with Crippen molar-refractivity contribution in [3.05, 3.63) is 74.4 Å². The van der Waals surface area contributed by atoms with Crippen LogP contribution in [0.15, 0.2) is 40.8 Å². The van der Waals surface area contributed by atoms with Gasteiger partial charge in [-0.15, -0.1) is 0 Å². The second-order valence-electron chi connectivity index (χ2n) is 11.6. The van der Waals surface area contributed by atoms with Gasteiger partial charge in [-0.2, -0.15) is 5.26 Å². The Morgan fingerprint density at radius 2 is 1.89 bits per heavy atom. The number of carbonyl (C=O) groups is 1. The molecule has 46 heavy (non-hydrogen) atoms. The maximum atomic E-state index is 15.4. The highest BCUT2D eigenvalue weighted by atomic mass is 35.5. The number of aliphatic imine (C=N–C) groups is 1. The third kappa shape index (κ3) is 5.21. The van der Waals surface area contributed by atoms with E-state index in [9.17, 15) is 24.3 Å². The number of phenolic OH excluding ortho intramolecular Hbond substituents is 1. The van der Waals surface area contributed by atoms with Gasteiger partial charge in [0, 0.05) is 48.9 Å². The number of carbonyl (C=O) groups excluding carboxylic acids is 1. The molecule has 0 aliphatic carbocycles. The van der Waals surface area contributed by atoms with E-state index >= 15 is 8.78 Å². The zero-order chi connectivity index (χ0) is 33.8. The van der Waals surface area contributed by atoms with E-state index in [0.29, 0.717) is 5.71 Å². The van der Waals surface area contributed by atoms with E-state index in [1.165, 1.54) is 16.7 Å². The second kappa shape index (κ2) is 12.5. The monoisotopic (exact) mass is 672 g/mol. The number of rotatable bonds is 5. The molecule has 2 aliphatic rings. The molecule has 1 saturated heterocycles. The number of benzene rings is 1. The van der Waals surface area contributed by atoms with Crippen molar-refractivity contribution < 1.29 is 23.1 Å². The van der Waals surface area contributed by atoms with E-state index in [2.05, 4.69) is 16.6 Å². The van der Waals surface area contributed by atoms with Crippen LogP contribution in [-0.2, 0) is 4.79 Å². The number of hydrogen-bond acceptors (Lipinski definition) is 7. The van der Waals surface area contributed by atoms with Gasteiger partial charge in [-0.3, -0.25) is 19.1 Å². The molecule has 9 nitrogen and oxygen atoms in total. The van der Waals surface area contributed by atoms with Gasteiger partial charge in [0.15, 0.2) is 23.2 Å². The second-order valence-corrected chi connectivity index (χ2v) is 12.4. The predicted molar refractivity (Wildman–Crippen MR) is 171 cm³/mol. The van der Waals surface area contributed by atoms with Gasteiger partial charge in [0.2, 0.25) is 5.91 Å². The molecule has 0 spiro atoms. The number of nitrogens with zero attached hydrogens (tertiary/aromatic N) is 6. The quantitative estimate of drug-likeness (QED) is 0.191. The highest BCUT2D eigenvalue weighted by Gasteiger charge is 2.36. The molecule has 3 atom stereocenters. The largest absolute Gasteiger partial charge is 0.503 e. The average Bonchev–Trinajstić information content (AvgIpc) is 3.02. The first-order valence-electron chi connectivity index (χ1n) is 14.4. The number of nitriles is 1. The first-order valence-corrected chi connectivity index (χ1v) is 15.2. The Hall–Kier alpha value is -4.34. The van der Waals surface area contributed by atoms with Crippen molar-refractivity contribution in [3.63, 3.8) is 0 Å². The van der Waals surface area contributed by atoms with Gasteiger partial charge < -0.3 is 14.9 Å². The molecule has 2 aliphatic heterocycles. The summed E-state index contributed by atoms with van der Waals surface area (Å²) in [6.45, 7) is 11.7. The Labute approximate surface area is 272 Å². The normalized spacial score (nSPS) is 19.8. The molecule has 1 aromatic carbocycles. The van der Waals surface area contributed by atoms with Gasteiger partial charge >= 0.3 is 0 Å². The van der Waals surface area contributed by atoms with Crippen LogP contribution in [-0.4, -0.2) is 56.9 Å². The van der Waals surface area contributed by atoms with E-state index in [0.717, 1.165) is 0 Å². The first-order chi connectivity index (χ1) is 21.7. The maximum absolute atomic E-state index is 15.4. The van der Waals surface area contributed by atoms with Crippen LogP contribution in [0.3, 0.4) is 0 Å². The van der Waals surface area contributed by atoms with Crippen LogP contribution < -0.4 is 10.5 Å². The highest BCUT2D eigenvalue weighted by Crippen LogP contribution is 2.43. The van der Waals surface area contributed by atoms with Gasteiger partial charge in [-0.1, -0.05) is 56.6 Å². The van der Waals surface area contributed by atoms with E-state index < -0.39 is 51.1 Å². The lowest BCUT2D eigenvalue weighted by Gasteiger charge is -2.41. The number of amides is 1. The van der Waals surface area contributed by atoms with Crippen molar-refractivity contribution in [2.45, 2.75) is 39.8 Å². The third-order valence-corrected chi connectivity index (χ3v) is 9.00. The fraction of sp³-hybridized carbons (Fsp3) is 0.344. The zero-order valence-electron chi connectivity index (χ0n) is 25.3. The topological polar surface area (TPSA) is 115 Å². The van der Waals surface area contributed by atoms with Gasteiger partial charge in [0.05, 0.1) is 28.0 Å². The summed E-state index contributed by atoms with van der Waals surface area (Å²) in [6.07, 6.45) is 4.61. The fourth-order valence-corrected chi connectivity index (χ4v) is 6.59. The molecule has 0 radical (unpaired) electrons. The molecular formula is C32H29Cl2F3N6O3. The Morgan fingerprint density at radius 3 is 2.50 bits per heavy atom. The number of halogens is 5. The lowest BCUT2D eigenvalue weighted by molar-refractivity contribution is -0.128. The number of aromatic hydroxyl groups is 1. The number of phenols is 1. The Balaban J connectivity index is 1.89. The molecule has 0 saturated carbocycles. The lowest BCUT2D eigenvalue weighted by Crippen LogP contribution is -2.54. The molecule has 3 aromatic rings. The SMILES string of the molecule is C=CC(=O)N1CCN(c2c(C#N)c(=O)n(C3C(C(C)C)=NC=CC3C)c3nc(-c4c(F)c(O)c(F)c(Cl)c4F)c(Cl)cc23)C[C@H]1C. The van der Waals surface area contributed by atoms with Crippen molar-refractivity contribution in [3.8, 4) is 23.1 Å². The van der Waals surface area contributed by atoms with Gasteiger partial charge in [-0.05, 0) is 25.0 Å². The van der Waals surface area contributed by atoms with Crippen LogP contribution in [0.2, 0.25) is 10.0 Å². The Morgan fingerprint density at radius 1 is 1.20 bits per heavy atom. The number of hydrogen-bond donors (Lipinski definition) is 1. The maximum Gasteiger partial charge on any atom is 0.272 e. The van der Waals surface area contributed by atoms with Crippen LogP contribution in [0, 0.1) is 40.6 Å². The average molecular weight is 674 g/mol. The molecule has 2 unspecified atom stereocenters. The predicted octanol–water partition coefficient (Wildman–Crippen LogP) is 6.39. The van der Waals surface area contributed by atoms with Crippen molar-refractivity contribution in [1.29, 1.82) is 5.26 Å². The van der Waals surface area contributed by atoms with Gasteiger partial charge in [0.1, 0.15) is 22.3 Å². The molecule has 4 heterocycles. The van der Waals surface area contributed by atoms with Gasteiger partial charge in [-0.25, -0.2) is 18.2 Å². The Kier molecular flexibility index (Phi) is 8.94. The lowest BCUT2D eigenvalue weighted by atomic mass is 9.88. The molecule has 14 heteroatoms. The summed E-state index contributed by atoms with van der Waals surface area (Å²) in [5.74, 6) is -7.23. The number of allylic oxidation sites excluding steroid dienone is 1. The summed E-state index contributed by atoms with van der Waals surface area (Å²) in [6, 6.07) is 2.26. The molecule has 240 valence electrons.